The molecule has 5 nitrogen and oxygen atoms in total. The Balaban J connectivity index is 1.72. The number of hydrogen-bond acceptors (Lipinski definition) is 3. The van der Waals surface area contributed by atoms with Crippen molar-refractivity contribution in [2.75, 3.05) is 22.4 Å². The van der Waals surface area contributed by atoms with Crippen LogP contribution in [0.25, 0.3) is 0 Å². The number of aryl methyl sites for hydroxylation is 1. The predicted molar refractivity (Wildman–Crippen MR) is 105 cm³/mol. The Bertz CT molecular complexity index is 942. The highest BCUT2D eigenvalue weighted by atomic mass is 32.2. The lowest BCUT2D eigenvalue weighted by molar-refractivity contribution is -0.116. The first-order valence-electron chi connectivity index (χ1n) is 8.90. The van der Waals surface area contributed by atoms with E-state index in [9.17, 15) is 17.6 Å². The number of hydrogen-bond donors (Lipinski definition) is 1. The molecular weight excluding hydrogens is 367 g/mol. The highest BCUT2D eigenvalue weighted by molar-refractivity contribution is 7.92. The molecule has 3 rings (SSSR count). The van der Waals surface area contributed by atoms with Gasteiger partial charge in [0.25, 0.3) is 0 Å². The molecule has 1 aliphatic rings. The summed E-state index contributed by atoms with van der Waals surface area (Å²) in [5, 5.41) is 2.84. The molecule has 2 aromatic rings. The fraction of sp³-hybridized carbons (Fsp3) is 0.350. The van der Waals surface area contributed by atoms with Gasteiger partial charge in [-0.3, -0.25) is 9.10 Å². The highest BCUT2D eigenvalue weighted by Crippen LogP contribution is 2.32. The van der Waals surface area contributed by atoms with E-state index in [1.54, 1.807) is 24.3 Å². The zero-order valence-electron chi connectivity index (χ0n) is 15.4. The van der Waals surface area contributed by atoms with Crippen LogP contribution in [-0.2, 0) is 21.2 Å². The number of nitrogens with zero attached hydrogens (tertiary/aromatic N) is 1. The normalized spacial score (nSPS) is 15.1. The molecule has 1 heterocycles. The minimum absolute atomic E-state index is 0.0595. The molecule has 0 radical (unpaired) electrons. The van der Waals surface area contributed by atoms with Crippen molar-refractivity contribution in [2.45, 2.75) is 32.1 Å². The first-order chi connectivity index (χ1) is 12.7. The molecule has 1 N–H and O–H groups in total. The fourth-order valence-electron chi connectivity index (χ4n) is 3.36. The molecule has 0 spiro atoms. The van der Waals surface area contributed by atoms with Crippen molar-refractivity contribution in [2.24, 2.45) is 0 Å². The maximum atomic E-state index is 13.0. The Morgan fingerprint density at radius 1 is 1.22 bits per heavy atom. The topological polar surface area (TPSA) is 66.5 Å². The fourth-order valence-corrected chi connectivity index (χ4v) is 4.35. The summed E-state index contributed by atoms with van der Waals surface area (Å²) in [4.78, 5) is 12.4. The van der Waals surface area contributed by atoms with Crippen LogP contribution in [-0.4, -0.2) is 27.1 Å². The zero-order valence-corrected chi connectivity index (χ0v) is 16.2. The van der Waals surface area contributed by atoms with E-state index >= 15 is 0 Å². The predicted octanol–water partition coefficient (Wildman–Crippen LogP) is 3.67. The van der Waals surface area contributed by atoms with Crippen LogP contribution in [0.3, 0.4) is 0 Å². The molecule has 1 amide bonds. The Morgan fingerprint density at radius 2 is 1.93 bits per heavy atom. The molecule has 0 bridgehead atoms. The first-order valence-corrected chi connectivity index (χ1v) is 10.7. The monoisotopic (exact) mass is 390 g/mol. The van der Waals surface area contributed by atoms with Crippen LogP contribution >= 0.6 is 0 Å². The largest absolute Gasteiger partial charge is 0.326 e. The minimum Gasteiger partial charge on any atom is -0.326 e. The number of carbonyl (C=O) groups is 1. The molecule has 0 saturated heterocycles. The smallest absolute Gasteiger partial charge is 0.232 e. The van der Waals surface area contributed by atoms with E-state index in [4.69, 9.17) is 0 Å². The first kappa shape index (κ1) is 19.4. The lowest BCUT2D eigenvalue weighted by Gasteiger charge is -2.29. The van der Waals surface area contributed by atoms with Crippen LogP contribution < -0.4 is 9.62 Å². The van der Waals surface area contributed by atoms with Gasteiger partial charge in [-0.05, 0) is 54.2 Å². The standard InChI is InChI=1S/C20H23FN2O3S/c1-14(15-5-8-17(21)9-6-15)12-20(24)22-18-10-7-16-4-3-11-23(19(16)13-18)27(2,25)26/h5-10,13-14H,3-4,11-12H2,1-2H3,(H,22,24). The van der Waals surface area contributed by atoms with Crippen molar-refractivity contribution in [3.8, 4) is 0 Å². The molecule has 1 aliphatic heterocycles. The maximum Gasteiger partial charge on any atom is 0.232 e. The summed E-state index contributed by atoms with van der Waals surface area (Å²) in [6, 6.07) is 11.5. The lowest BCUT2D eigenvalue weighted by Crippen LogP contribution is -2.34. The third-order valence-electron chi connectivity index (χ3n) is 4.78. The summed E-state index contributed by atoms with van der Waals surface area (Å²) in [6.45, 7) is 2.36. The molecule has 1 atom stereocenters. The zero-order chi connectivity index (χ0) is 19.6. The molecule has 2 aromatic carbocycles. The van der Waals surface area contributed by atoms with E-state index in [0.29, 0.717) is 17.9 Å². The Kier molecular flexibility index (Phi) is 5.51. The third-order valence-corrected chi connectivity index (χ3v) is 5.96. The molecule has 1 unspecified atom stereocenters. The minimum atomic E-state index is -3.35. The summed E-state index contributed by atoms with van der Waals surface area (Å²) in [5.74, 6) is -0.538. The quantitative estimate of drug-likeness (QED) is 0.847. The number of fused-ring (bicyclic) bond motifs is 1. The third kappa shape index (κ3) is 4.66. The van der Waals surface area contributed by atoms with Crippen molar-refractivity contribution >= 4 is 27.3 Å². The Morgan fingerprint density at radius 3 is 2.59 bits per heavy atom. The second-order valence-corrected chi connectivity index (χ2v) is 8.89. The van der Waals surface area contributed by atoms with E-state index in [0.717, 1.165) is 24.0 Å². The number of anilines is 2. The van der Waals surface area contributed by atoms with E-state index in [2.05, 4.69) is 5.32 Å². The summed E-state index contributed by atoms with van der Waals surface area (Å²) in [5.41, 5.74) is 3.05. The van der Waals surface area contributed by atoms with Gasteiger partial charge in [0, 0.05) is 18.7 Å². The number of amides is 1. The van der Waals surface area contributed by atoms with E-state index in [-0.39, 0.29) is 24.1 Å². The molecule has 144 valence electrons. The van der Waals surface area contributed by atoms with Gasteiger partial charge in [0.15, 0.2) is 0 Å². The van der Waals surface area contributed by atoms with E-state index < -0.39 is 10.0 Å². The van der Waals surface area contributed by atoms with Gasteiger partial charge in [-0.2, -0.15) is 0 Å². The van der Waals surface area contributed by atoms with Crippen LogP contribution in [0.2, 0.25) is 0 Å². The average Bonchev–Trinajstić information content (AvgIpc) is 2.60. The van der Waals surface area contributed by atoms with E-state index in [1.165, 1.54) is 22.7 Å². The molecular formula is C20H23FN2O3S. The summed E-state index contributed by atoms with van der Waals surface area (Å²) in [6.07, 6.45) is 3.04. The lowest BCUT2D eigenvalue weighted by atomic mass is 9.97. The van der Waals surface area contributed by atoms with Crippen molar-refractivity contribution in [3.05, 3.63) is 59.4 Å². The van der Waals surface area contributed by atoms with Gasteiger partial charge in [0.05, 0.1) is 11.9 Å². The molecule has 0 aliphatic carbocycles. The van der Waals surface area contributed by atoms with Crippen molar-refractivity contribution in [1.29, 1.82) is 0 Å². The van der Waals surface area contributed by atoms with Gasteiger partial charge >= 0.3 is 0 Å². The van der Waals surface area contributed by atoms with Crippen LogP contribution in [0, 0.1) is 5.82 Å². The maximum absolute atomic E-state index is 13.0. The van der Waals surface area contributed by atoms with E-state index in [1.807, 2.05) is 13.0 Å². The molecule has 27 heavy (non-hydrogen) atoms. The summed E-state index contributed by atoms with van der Waals surface area (Å²) < 4.78 is 38.5. The molecule has 0 saturated carbocycles. The van der Waals surface area contributed by atoms with Gasteiger partial charge in [0.2, 0.25) is 15.9 Å². The molecule has 7 heteroatoms. The number of carbonyl (C=O) groups excluding carboxylic acids is 1. The number of sulfonamides is 1. The van der Waals surface area contributed by atoms with Gasteiger partial charge in [0.1, 0.15) is 5.82 Å². The summed E-state index contributed by atoms with van der Waals surface area (Å²) >= 11 is 0. The number of rotatable bonds is 5. The van der Waals surface area contributed by atoms with Gasteiger partial charge < -0.3 is 5.32 Å². The van der Waals surface area contributed by atoms with Crippen LogP contribution in [0.4, 0.5) is 15.8 Å². The van der Waals surface area contributed by atoms with Crippen molar-refractivity contribution in [1.82, 2.24) is 0 Å². The molecule has 0 aromatic heterocycles. The second-order valence-electron chi connectivity index (χ2n) is 6.99. The number of halogens is 1. The number of benzene rings is 2. The second kappa shape index (κ2) is 7.68. The van der Waals surface area contributed by atoms with Gasteiger partial charge in [-0.1, -0.05) is 25.1 Å². The highest BCUT2D eigenvalue weighted by Gasteiger charge is 2.24. The van der Waals surface area contributed by atoms with Crippen LogP contribution in [0.15, 0.2) is 42.5 Å². The SMILES string of the molecule is CC(CC(=O)Nc1ccc2c(c1)N(S(C)(=O)=O)CCC2)c1ccc(F)cc1. The van der Waals surface area contributed by atoms with Gasteiger partial charge in [-0.15, -0.1) is 0 Å². The number of nitrogens with one attached hydrogen (secondary N) is 1. The van der Waals surface area contributed by atoms with Crippen molar-refractivity contribution in [3.63, 3.8) is 0 Å². The average molecular weight is 390 g/mol. The van der Waals surface area contributed by atoms with Crippen molar-refractivity contribution < 1.29 is 17.6 Å². The molecule has 0 fully saturated rings. The van der Waals surface area contributed by atoms with Crippen LogP contribution in [0.5, 0.6) is 0 Å². The van der Waals surface area contributed by atoms with Gasteiger partial charge in [-0.25, -0.2) is 12.8 Å². The Hall–Kier alpha value is -2.41. The van der Waals surface area contributed by atoms with Crippen LogP contribution in [0.1, 0.15) is 36.8 Å². The summed E-state index contributed by atoms with van der Waals surface area (Å²) in [7, 11) is -3.35. The Labute approximate surface area is 159 Å².